The Kier molecular flexibility index (Phi) is 6.26. The lowest BCUT2D eigenvalue weighted by atomic mass is 9.91. The van der Waals surface area contributed by atoms with Crippen molar-refractivity contribution in [2.45, 2.75) is 64.0 Å². The summed E-state index contributed by atoms with van der Waals surface area (Å²) in [5.74, 6) is -1.01. The zero-order valence-corrected chi connectivity index (χ0v) is 12.4. The maximum Gasteiger partial charge on any atom is 0.329 e. The number of carbonyl (C=O) groups excluding carboxylic acids is 1. The van der Waals surface area contributed by atoms with Gasteiger partial charge in [-0.05, 0) is 39.0 Å². The Hall–Kier alpha value is -1.30. The van der Waals surface area contributed by atoms with Crippen molar-refractivity contribution in [1.29, 1.82) is 0 Å². The van der Waals surface area contributed by atoms with Crippen LogP contribution in [0.5, 0.6) is 0 Å². The topological polar surface area (TPSA) is 89.9 Å². The van der Waals surface area contributed by atoms with Gasteiger partial charge in [0.25, 0.3) is 0 Å². The normalized spacial score (nSPS) is 17.9. The van der Waals surface area contributed by atoms with Gasteiger partial charge in [0.1, 0.15) is 5.54 Å². The summed E-state index contributed by atoms with van der Waals surface area (Å²) in [5.41, 5.74) is -1.23. The van der Waals surface area contributed by atoms with Crippen molar-refractivity contribution in [2.24, 2.45) is 0 Å². The fourth-order valence-electron chi connectivity index (χ4n) is 2.42. The van der Waals surface area contributed by atoms with Crippen molar-refractivity contribution in [3.8, 4) is 0 Å². The van der Waals surface area contributed by atoms with Crippen molar-refractivity contribution in [1.82, 2.24) is 10.2 Å². The van der Waals surface area contributed by atoms with Gasteiger partial charge >= 0.3 is 12.0 Å². The number of carboxylic acids is 1. The minimum atomic E-state index is -1.23. The van der Waals surface area contributed by atoms with Crippen molar-refractivity contribution in [3.05, 3.63) is 0 Å². The number of carboxylic acid groups (broad SMARTS) is 1. The van der Waals surface area contributed by atoms with E-state index in [0.29, 0.717) is 25.8 Å². The van der Waals surface area contributed by atoms with Gasteiger partial charge in [-0.1, -0.05) is 13.3 Å². The van der Waals surface area contributed by atoms with E-state index >= 15 is 0 Å². The first kappa shape index (κ1) is 16.8. The Bertz CT molecular complexity index is 344. The molecule has 1 rings (SSSR count). The molecule has 0 bridgehead atoms. The summed E-state index contributed by atoms with van der Waals surface area (Å²) < 4.78 is 0. The summed E-state index contributed by atoms with van der Waals surface area (Å²) in [5, 5.41) is 20.9. The van der Waals surface area contributed by atoms with Gasteiger partial charge in [0.05, 0.1) is 0 Å². The number of hydrogen-bond donors (Lipinski definition) is 3. The third-order valence-electron chi connectivity index (χ3n) is 3.94. The SMILES string of the molecule is CCCC(C)(NC(=O)N(CCCO)C1CCC1)C(=O)O. The zero-order chi connectivity index (χ0) is 15.2. The molecule has 0 aromatic heterocycles. The van der Waals surface area contributed by atoms with Crippen LogP contribution < -0.4 is 5.32 Å². The molecule has 20 heavy (non-hydrogen) atoms. The lowest BCUT2D eigenvalue weighted by Crippen LogP contribution is -2.58. The molecule has 1 fully saturated rings. The first-order valence-corrected chi connectivity index (χ1v) is 7.37. The van der Waals surface area contributed by atoms with E-state index in [2.05, 4.69) is 5.32 Å². The maximum absolute atomic E-state index is 12.3. The molecule has 1 unspecified atom stereocenters. The monoisotopic (exact) mass is 286 g/mol. The third kappa shape index (κ3) is 4.10. The van der Waals surface area contributed by atoms with Gasteiger partial charge in [-0.15, -0.1) is 0 Å². The van der Waals surface area contributed by atoms with Gasteiger partial charge in [0.2, 0.25) is 0 Å². The first-order chi connectivity index (χ1) is 9.44. The van der Waals surface area contributed by atoms with E-state index in [1.807, 2.05) is 6.92 Å². The number of rotatable bonds is 8. The molecule has 0 aliphatic heterocycles. The van der Waals surface area contributed by atoms with Crippen LogP contribution in [0.2, 0.25) is 0 Å². The van der Waals surface area contributed by atoms with Crippen LogP contribution in [0.3, 0.4) is 0 Å². The molecule has 6 nitrogen and oxygen atoms in total. The second kappa shape index (κ2) is 7.47. The smallest absolute Gasteiger partial charge is 0.329 e. The molecule has 0 radical (unpaired) electrons. The van der Waals surface area contributed by atoms with Crippen molar-refractivity contribution >= 4 is 12.0 Å². The van der Waals surface area contributed by atoms with Crippen LogP contribution >= 0.6 is 0 Å². The van der Waals surface area contributed by atoms with Gasteiger partial charge in [-0.2, -0.15) is 0 Å². The highest BCUT2D eigenvalue weighted by atomic mass is 16.4. The van der Waals surface area contributed by atoms with E-state index in [4.69, 9.17) is 5.11 Å². The largest absolute Gasteiger partial charge is 0.480 e. The predicted octanol–water partition coefficient (Wildman–Crippen LogP) is 1.58. The summed E-state index contributed by atoms with van der Waals surface area (Å²) in [6.07, 6.45) is 4.60. The van der Waals surface area contributed by atoms with E-state index in [0.717, 1.165) is 19.3 Å². The quantitative estimate of drug-likeness (QED) is 0.632. The third-order valence-corrected chi connectivity index (χ3v) is 3.94. The minimum absolute atomic E-state index is 0.0294. The van der Waals surface area contributed by atoms with E-state index in [1.54, 1.807) is 11.8 Å². The Morgan fingerprint density at radius 1 is 1.40 bits per heavy atom. The molecule has 1 aliphatic rings. The van der Waals surface area contributed by atoms with Crippen LogP contribution in [0.1, 0.15) is 52.4 Å². The average molecular weight is 286 g/mol. The molecule has 1 aliphatic carbocycles. The molecule has 1 atom stereocenters. The Labute approximate surface area is 120 Å². The van der Waals surface area contributed by atoms with Crippen LogP contribution in [-0.2, 0) is 4.79 Å². The molecule has 116 valence electrons. The predicted molar refractivity (Wildman–Crippen MR) is 75.5 cm³/mol. The standard InChI is InChI=1S/C14H26N2O4/c1-3-8-14(2,12(18)19)15-13(20)16(9-5-10-17)11-6-4-7-11/h11,17H,3-10H2,1-2H3,(H,15,20)(H,18,19). The highest BCUT2D eigenvalue weighted by molar-refractivity contribution is 5.86. The van der Waals surface area contributed by atoms with Gasteiger partial charge < -0.3 is 20.4 Å². The van der Waals surface area contributed by atoms with Crippen molar-refractivity contribution < 1.29 is 19.8 Å². The molecular weight excluding hydrogens is 260 g/mol. The Balaban J connectivity index is 2.70. The van der Waals surface area contributed by atoms with Crippen molar-refractivity contribution in [3.63, 3.8) is 0 Å². The summed E-state index contributed by atoms with van der Waals surface area (Å²) in [6, 6.07) is -0.150. The zero-order valence-electron chi connectivity index (χ0n) is 12.4. The van der Waals surface area contributed by atoms with Gasteiger partial charge in [-0.25, -0.2) is 9.59 Å². The summed E-state index contributed by atoms with van der Waals surface area (Å²) in [4.78, 5) is 25.4. The molecule has 0 spiro atoms. The van der Waals surface area contributed by atoms with Gasteiger partial charge in [0, 0.05) is 19.2 Å². The Morgan fingerprint density at radius 3 is 2.45 bits per heavy atom. The number of aliphatic hydroxyl groups excluding tert-OH is 1. The van der Waals surface area contributed by atoms with Crippen LogP contribution in [-0.4, -0.2) is 51.8 Å². The van der Waals surface area contributed by atoms with E-state index in [9.17, 15) is 14.7 Å². The number of nitrogens with one attached hydrogen (secondary N) is 1. The van der Waals surface area contributed by atoms with Crippen LogP contribution in [0, 0.1) is 0 Å². The van der Waals surface area contributed by atoms with Crippen molar-refractivity contribution in [2.75, 3.05) is 13.2 Å². The second-order valence-electron chi connectivity index (χ2n) is 5.67. The summed E-state index contributed by atoms with van der Waals surface area (Å²) >= 11 is 0. The molecule has 0 heterocycles. The van der Waals surface area contributed by atoms with Crippen LogP contribution in [0.15, 0.2) is 0 Å². The number of hydrogen-bond acceptors (Lipinski definition) is 3. The number of urea groups is 1. The molecule has 0 saturated heterocycles. The highest BCUT2D eigenvalue weighted by Gasteiger charge is 2.37. The lowest BCUT2D eigenvalue weighted by molar-refractivity contribution is -0.144. The number of carbonyl (C=O) groups is 2. The van der Waals surface area contributed by atoms with Crippen LogP contribution in [0.25, 0.3) is 0 Å². The number of aliphatic carboxylic acids is 1. The number of aliphatic hydroxyl groups is 1. The fourth-order valence-corrected chi connectivity index (χ4v) is 2.42. The molecule has 2 amide bonds. The van der Waals surface area contributed by atoms with Crippen LogP contribution in [0.4, 0.5) is 4.79 Å². The van der Waals surface area contributed by atoms with E-state index in [-0.39, 0.29) is 18.7 Å². The summed E-state index contributed by atoms with van der Waals surface area (Å²) in [6.45, 7) is 3.93. The summed E-state index contributed by atoms with van der Waals surface area (Å²) in [7, 11) is 0. The molecular formula is C14H26N2O4. The van der Waals surface area contributed by atoms with E-state index in [1.165, 1.54) is 0 Å². The van der Waals surface area contributed by atoms with E-state index < -0.39 is 11.5 Å². The molecule has 6 heteroatoms. The Morgan fingerprint density at radius 2 is 2.05 bits per heavy atom. The van der Waals surface area contributed by atoms with Gasteiger partial charge in [-0.3, -0.25) is 0 Å². The maximum atomic E-state index is 12.3. The molecule has 3 N–H and O–H groups in total. The number of nitrogens with zero attached hydrogens (tertiary/aromatic N) is 1. The first-order valence-electron chi connectivity index (χ1n) is 7.37. The lowest BCUT2D eigenvalue weighted by Gasteiger charge is -2.39. The molecule has 0 aromatic carbocycles. The second-order valence-corrected chi connectivity index (χ2v) is 5.67. The number of amides is 2. The molecule has 0 aromatic rings. The fraction of sp³-hybridized carbons (Fsp3) is 0.857. The van der Waals surface area contributed by atoms with Gasteiger partial charge in [0.15, 0.2) is 0 Å². The minimum Gasteiger partial charge on any atom is -0.480 e. The molecule has 1 saturated carbocycles. The average Bonchev–Trinajstić information content (AvgIpc) is 2.31. The highest BCUT2D eigenvalue weighted by Crippen LogP contribution is 2.25.